The van der Waals surface area contributed by atoms with Crippen molar-refractivity contribution in [2.24, 2.45) is 0 Å². The maximum absolute atomic E-state index is 12.8. The number of halogens is 1. The van der Waals surface area contributed by atoms with E-state index in [1.807, 2.05) is 11.9 Å². The molecule has 2 rings (SSSR count). The van der Waals surface area contributed by atoms with Gasteiger partial charge >= 0.3 is 0 Å². The molecule has 0 saturated carbocycles. The van der Waals surface area contributed by atoms with Crippen molar-refractivity contribution in [2.75, 3.05) is 20.1 Å². The van der Waals surface area contributed by atoms with Gasteiger partial charge in [0.05, 0.1) is 6.54 Å². The van der Waals surface area contributed by atoms with Crippen molar-refractivity contribution < 1.29 is 9.18 Å². The highest BCUT2D eigenvalue weighted by molar-refractivity contribution is 5.77. The summed E-state index contributed by atoms with van der Waals surface area (Å²) in [6.07, 6.45) is 0.702. The molecule has 0 saturated heterocycles. The largest absolute Gasteiger partial charge is 0.355 e. The van der Waals surface area contributed by atoms with Crippen molar-refractivity contribution in [1.29, 1.82) is 0 Å². The van der Waals surface area contributed by atoms with Gasteiger partial charge in [-0.3, -0.25) is 9.69 Å². The third-order valence-corrected chi connectivity index (χ3v) is 3.64. The molecule has 0 atom stereocenters. The van der Waals surface area contributed by atoms with Crippen LogP contribution >= 0.6 is 0 Å². The van der Waals surface area contributed by atoms with Crippen molar-refractivity contribution in [2.45, 2.75) is 19.9 Å². The van der Waals surface area contributed by atoms with Gasteiger partial charge in [0.15, 0.2) is 0 Å². The normalized spacial score (nSPS) is 10.8. The summed E-state index contributed by atoms with van der Waals surface area (Å²) in [6.45, 7) is 3.72. The molecule has 0 unspecified atom stereocenters. The topological polar surface area (TPSA) is 32.3 Å². The number of amides is 1. The number of nitrogens with zero attached hydrogens (tertiary/aromatic N) is 1. The molecule has 0 aliphatic rings. The lowest BCUT2D eigenvalue weighted by atomic mass is 10.1. The molecule has 23 heavy (non-hydrogen) atoms. The summed E-state index contributed by atoms with van der Waals surface area (Å²) in [5, 5.41) is 2.90. The van der Waals surface area contributed by atoms with Crippen molar-refractivity contribution in [3.8, 4) is 0 Å². The van der Waals surface area contributed by atoms with Crippen LogP contribution in [0.4, 0.5) is 4.39 Å². The molecule has 2 aromatic carbocycles. The third kappa shape index (κ3) is 6.20. The number of aryl methyl sites for hydroxylation is 1. The Balaban J connectivity index is 1.69. The lowest BCUT2D eigenvalue weighted by molar-refractivity contribution is -0.122. The summed E-state index contributed by atoms with van der Waals surface area (Å²) >= 11 is 0. The molecule has 0 aliphatic heterocycles. The number of carbonyl (C=O) groups is 1. The van der Waals surface area contributed by atoms with Crippen LogP contribution in [-0.2, 0) is 17.8 Å². The number of likely N-dealkylation sites (N-methyl/N-ethyl adjacent to an activating group) is 1. The van der Waals surface area contributed by atoms with Gasteiger partial charge < -0.3 is 5.32 Å². The number of hydrogen-bond acceptors (Lipinski definition) is 2. The van der Waals surface area contributed by atoms with Crippen LogP contribution in [0.5, 0.6) is 0 Å². The first-order valence-corrected chi connectivity index (χ1v) is 7.78. The highest BCUT2D eigenvalue weighted by atomic mass is 19.1. The fourth-order valence-electron chi connectivity index (χ4n) is 2.36. The van der Waals surface area contributed by atoms with Crippen LogP contribution < -0.4 is 5.32 Å². The van der Waals surface area contributed by atoms with E-state index in [0.717, 1.165) is 12.1 Å². The van der Waals surface area contributed by atoms with E-state index in [1.54, 1.807) is 12.1 Å². The van der Waals surface area contributed by atoms with E-state index in [1.165, 1.54) is 23.3 Å². The van der Waals surface area contributed by atoms with Gasteiger partial charge in [-0.15, -0.1) is 0 Å². The first kappa shape index (κ1) is 17.2. The van der Waals surface area contributed by atoms with Gasteiger partial charge in [-0.25, -0.2) is 4.39 Å². The molecule has 122 valence electrons. The number of rotatable bonds is 7. The zero-order valence-corrected chi connectivity index (χ0v) is 13.7. The Morgan fingerprint density at radius 2 is 1.65 bits per heavy atom. The maximum atomic E-state index is 12.8. The van der Waals surface area contributed by atoms with E-state index in [-0.39, 0.29) is 11.7 Å². The lowest BCUT2D eigenvalue weighted by Gasteiger charge is -2.16. The fourth-order valence-corrected chi connectivity index (χ4v) is 2.36. The predicted octanol–water partition coefficient (Wildman–Crippen LogP) is 2.92. The van der Waals surface area contributed by atoms with Gasteiger partial charge in [-0.05, 0) is 43.7 Å². The van der Waals surface area contributed by atoms with E-state index in [0.29, 0.717) is 19.5 Å². The minimum atomic E-state index is -0.240. The second-order valence-electron chi connectivity index (χ2n) is 5.88. The highest BCUT2D eigenvalue weighted by Crippen LogP contribution is 2.06. The Morgan fingerprint density at radius 1 is 1.04 bits per heavy atom. The molecule has 0 bridgehead atoms. The number of benzene rings is 2. The molecular weight excluding hydrogens is 291 g/mol. The summed E-state index contributed by atoms with van der Waals surface area (Å²) in [5.74, 6) is -0.239. The highest BCUT2D eigenvalue weighted by Gasteiger charge is 2.07. The minimum absolute atomic E-state index is 0.00160. The molecule has 3 nitrogen and oxygen atoms in total. The lowest BCUT2D eigenvalue weighted by Crippen LogP contribution is -2.35. The van der Waals surface area contributed by atoms with E-state index >= 15 is 0 Å². The van der Waals surface area contributed by atoms with Crippen LogP contribution in [-0.4, -0.2) is 30.9 Å². The Hall–Kier alpha value is -2.20. The number of hydrogen-bond donors (Lipinski definition) is 1. The van der Waals surface area contributed by atoms with Crippen molar-refractivity contribution >= 4 is 5.91 Å². The van der Waals surface area contributed by atoms with E-state index in [4.69, 9.17) is 0 Å². The molecule has 0 heterocycles. The predicted molar refractivity (Wildman–Crippen MR) is 90.6 cm³/mol. The molecule has 0 aromatic heterocycles. The molecule has 0 fully saturated rings. The standard InChI is InChI=1S/C19H23FN2O/c1-15-3-5-17(6-4-15)13-22(2)14-19(23)21-12-11-16-7-9-18(20)10-8-16/h3-10H,11-14H2,1-2H3,(H,21,23). The molecule has 0 spiro atoms. The molecule has 0 aliphatic carbocycles. The van der Waals surface area contributed by atoms with Crippen LogP contribution in [0.15, 0.2) is 48.5 Å². The maximum Gasteiger partial charge on any atom is 0.234 e. The van der Waals surface area contributed by atoms with Gasteiger partial charge in [0.2, 0.25) is 5.91 Å². The Labute approximate surface area is 137 Å². The van der Waals surface area contributed by atoms with Gasteiger partial charge in [-0.2, -0.15) is 0 Å². The summed E-state index contributed by atoms with van der Waals surface area (Å²) in [4.78, 5) is 13.9. The van der Waals surface area contributed by atoms with Crippen LogP contribution in [0.3, 0.4) is 0 Å². The van der Waals surface area contributed by atoms with Crippen LogP contribution in [0, 0.1) is 12.7 Å². The van der Waals surface area contributed by atoms with E-state index < -0.39 is 0 Å². The SMILES string of the molecule is Cc1ccc(CN(C)CC(=O)NCCc2ccc(F)cc2)cc1. The van der Waals surface area contributed by atoms with Gasteiger partial charge in [0.25, 0.3) is 0 Å². The van der Waals surface area contributed by atoms with Gasteiger partial charge in [0.1, 0.15) is 5.82 Å². The average molecular weight is 314 g/mol. The van der Waals surface area contributed by atoms with E-state index in [2.05, 4.69) is 36.5 Å². The Kier molecular flexibility index (Phi) is 6.29. The quantitative estimate of drug-likeness (QED) is 0.852. The molecule has 1 amide bonds. The van der Waals surface area contributed by atoms with E-state index in [9.17, 15) is 9.18 Å². The second-order valence-corrected chi connectivity index (χ2v) is 5.88. The average Bonchev–Trinajstić information content (AvgIpc) is 2.51. The molecule has 0 radical (unpaired) electrons. The zero-order valence-electron chi connectivity index (χ0n) is 13.7. The molecule has 2 aromatic rings. The van der Waals surface area contributed by atoms with Crippen molar-refractivity contribution in [3.05, 3.63) is 71.0 Å². The monoisotopic (exact) mass is 314 g/mol. The van der Waals surface area contributed by atoms with Crippen molar-refractivity contribution in [1.82, 2.24) is 10.2 Å². The van der Waals surface area contributed by atoms with Gasteiger partial charge in [-0.1, -0.05) is 42.0 Å². The first-order valence-electron chi connectivity index (χ1n) is 7.78. The van der Waals surface area contributed by atoms with Gasteiger partial charge in [0, 0.05) is 13.1 Å². The summed E-state index contributed by atoms with van der Waals surface area (Å²) < 4.78 is 12.8. The number of carbonyl (C=O) groups excluding carboxylic acids is 1. The first-order chi connectivity index (χ1) is 11.0. The second kappa shape index (κ2) is 8.44. The smallest absolute Gasteiger partial charge is 0.234 e. The third-order valence-electron chi connectivity index (χ3n) is 3.64. The molecule has 4 heteroatoms. The molecular formula is C19H23FN2O. The number of nitrogens with one attached hydrogen (secondary N) is 1. The van der Waals surface area contributed by atoms with Crippen LogP contribution in [0.25, 0.3) is 0 Å². The molecule has 1 N–H and O–H groups in total. The zero-order chi connectivity index (χ0) is 16.7. The summed E-state index contributed by atoms with van der Waals surface area (Å²) in [5.41, 5.74) is 3.44. The Morgan fingerprint density at radius 3 is 2.30 bits per heavy atom. The van der Waals surface area contributed by atoms with Crippen LogP contribution in [0.2, 0.25) is 0 Å². The fraction of sp³-hybridized carbons (Fsp3) is 0.316. The minimum Gasteiger partial charge on any atom is -0.355 e. The van der Waals surface area contributed by atoms with Crippen LogP contribution in [0.1, 0.15) is 16.7 Å². The van der Waals surface area contributed by atoms with Crippen molar-refractivity contribution in [3.63, 3.8) is 0 Å². The summed E-state index contributed by atoms with van der Waals surface area (Å²) in [7, 11) is 1.93. The summed E-state index contributed by atoms with van der Waals surface area (Å²) in [6, 6.07) is 14.7. The Bertz CT molecular complexity index is 623.